The first-order valence-electron chi connectivity index (χ1n) is 15.9. The molecular weight excluding hydrogens is 642 g/mol. The third kappa shape index (κ3) is 12.7. The number of thiocarbonyl (C=S) groups is 1. The molecule has 1 aliphatic rings. The number of allylic oxidation sites excluding steroid dienone is 2. The largest absolute Gasteiger partial charge is 0.417 e. The van der Waals surface area contributed by atoms with Gasteiger partial charge in [0.25, 0.3) is 5.91 Å². The summed E-state index contributed by atoms with van der Waals surface area (Å²) in [6, 6.07) is 11.2. The van der Waals surface area contributed by atoms with Gasteiger partial charge in [-0.15, -0.1) is 0 Å². The highest BCUT2D eigenvalue weighted by molar-refractivity contribution is 7.81. The monoisotopic (exact) mass is 691 g/mol. The molecule has 2 amide bonds. The zero-order valence-corrected chi connectivity index (χ0v) is 30.7. The lowest BCUT2D eigenvalue weighted by Crippen LogP contribution is -2.44. The molecule has 0 spiro atoms. The molecule has 3 rings (SSSR count). The fourth-order valence-corrected chi connectivity index (χ4v) is 4.47. The highest BCUT2D eigenvalue weighted by Gasteiger charge is 2.51. The summed E-state index contributed by atoms with van der Waals surface area (Å²) in [5.74, 6) is -1.95. The summed E-state index contributed by atoms with van der Waals surface area (Å²) >= 11 is 5.43. The van der Waals surface area contributed by atoms with Gasteiger partial charge < -0.3 is 10.2 Å². The average molecular weight is 692 g/mol. The molecule has 1 aliphatic heterocycles. The second-order valence-electron chi connectivity index (χ2n) is 10.3. The van der Waals surface area contributed by atoms with E-state index in [1.807, 2.05) is 40.7 Å². The molecule has 1 heterocycles. The molecule has 1 N–H and O–H groups in total. The number of aryl methyl sites for hydroxylation is 1. The lowest BCUT2D eigenvalue weighted by molar-refractivity contribution is -0.137. The zero-order valence-electron chi connectivity index (χ0n) is 29.9. The van der Waals surface area contributed by atoms with Crippen molar-refractivity contribution >= 4 is 40.5 Å². The lowest BCUT2D eigenvalue weighted by atomic mass is 10.0. The van der Waals surface area contributed by atoms with Gasteiger partial charge in [0.15, 0.2) is 5.11 Å². The van der Waals surface area contributed by atoms with E-state index in [1.165, 1.54) is 31.2 Å². The summed E-state index contributed by atoms with van der Waals surface area (Å²) in [6.45, 7) is 18.9. The summed E-state index contributed by atoms with van der Waals surface area (Å²) in [6.07, 6.45) is -0.247. The number of carbonyl (C=O) groups excluding carboxylic acids is 2. The Morgan fingerprint density at radius 3 is 1.98 bits per heavy atom. The van der Waals surface area contributed by atoms with E-state index < -0.39 is 40.3 Å². The Morgan fingerprint density at radius 2 is 1.58 bits per heavy atom. The van der Waals surface area contributed by atoms with Gasteiger partial charge >= 0.3 is 6.18 Å². The number of hydrogen-bond acceptors (Lipinski definition) is 5. The van der Waals surface area contributed by atoms with Gasteiger partial charge in [0.1, 0.15) is 11.4 Å². The SMILES string of the molecule is C/C=C(\C)C#N.CC.CC.CCC.CNC(=O)CCCc1ccc(N2C(=S)N(c3cc(C(F)(F)F)c(C#N)cc3F)C(=O)C2(C)C)cc1. The Morgan fingerprint density at radius 1 is 1.06 bits per heavy atom. The van der Waals surface area contributed by atoms with Gasteiger partial charge in [0, 0.05) is 24.7 Å². The minimum absolute atomic E-state index is 0.0619. The number of nitrogens with zero attached hydrogens (tertiary/aromatic N) is 4. The van der Waals surface area contributed by atoms with Crippen LogP contribution in [0.2, 0.25) is 0 Å². The van der Waals surface area contributed by atoms with E-state index in [9.17, 15) is 27.2 Å². The van der Waals surface area contributed by atoms with Crippen LogP contribution in [-0.4, -0.2) is 29.5 Å². The van der Waals surface area contributed by atoms with Crippen LogP contribution < -0.4 is 15.1 Å². The Balaban J connectivity index is 0. The third-order valence-corrected chi connectivity index (χ3v) is 6.74. The molecule has 0 atom stereocenters. The van der Waals surface area contributed by atoms with Crippen LogP contribution >= 0.6 is 12.2 Å². The summed E-state index contributed by atoms with van der Waals surface area (Å²) in [5.41, 5.74) is -2.03. The van der Waals surface area contributed by atoms with Crippen LogP contribution in [0.3, 0.4) is 0 Å². The van der Waals surface area contributed by atoms with Crippen LogP contribution in [0.1, 0.15) is 105 Å². The van der Waals surface area contributed by atoms with Gasteiger partial charge in [-0.1, -0.05) is 66.2 Å². The second-order valence-corrected chi connectivity index (χ2v) is 10.6. The molecule has 264 valence electrons. The van der Waals surface area contributed by atoms with Gasteiger partial charge in [-0.2, -0.15) is 23.7 Å². The first-order valence-corrected chi connectivity index (χ1v) is 16.3. The van der Waals surface area contributed by atoms with Crippen LogP contribution in [0.15, 0.2) is 48.0 Å². The molecule has 0 saturated carbocycles. The van der Waals surface area contributed by atoms with Gasteiger partial charge in [0.2, 0.25) is 5.91 Å². The second kappa shape index (κ2) is 22.3. The molecule has 2 aromatic rings. The van der Waals surface area contributed by atoms with Gasteiger partial charge in [-0.3, -0.25) is 14.5 Å². The van der Waals surface area contributed by atoms with Crippen molar-refractivity contribution in [1.82, 2.24) is 5.32 Å². The van der Waals surface area contributed by atoms with Gasteiger partial charge in [0.05, 0.1) is 29.0 Å². The number of hydrogen-bond donors (Lipinski definition) is 1. The van der Waals surface area contributed by atoms with Crippen molar-refractivity contribution in [2.24, 2.45) is 0 Å². The normalized spacial score (nSPS) is 13.1. The molecule has 1 saturated heterocycles. The Bertz CT molecular complexity index is 1460. The minimum atomic E-state index is -4.93. The maximum Gasteiger partial charge on any atom is 0.417 e. The first kappa shape index (κ1) is 45.8. The predicted molar refractivity (Wildman–Crippen MR) is 190 cm³/mol. The number of benzene rings is 2. The topological polar surface area (TPSA) is 100 Å². The molecule has 2 aromatic carbocycles. The number of amides is 2. The summed E-state index contributed by atoms with van der Waals surface area (Å²) < 4.78 is 55.2. The minimum Gasteiger partial charge on any atom is -0.359 e. The van der Waals surface area contributed by atoms with E-state index in [1.54, 1.807) is 44.3 Å². The van der Waals surface area contributed by atoms with E-state index >= 15 is 0 Å². The zero-order chi connectivity index (χ0) is 37.8. The van der Waals surface area contributed by atoms with Crippen molar-refractivity contribution in [3.63, 3.8) is 0 Å². The van der Waals surface area contributed by atoms with Crippen LogP contribution in [0.25, 0.3) is 0 Å². The number of halogens is 4. The summed E-state index contributed by atoms with van der Waals surface area (Å²) in [7, 11) is 1.57. The maximum absolute atomic E-state index is 14.8. The van der Waals surface area contributed by atoms with Gasteiger partial charge in [-0.25, -0.2) is 4.39 Å². The maximum atomic E-state index is 14.8. The molecule has 0 unspecified atom stereocenters. The van der Waals surface area contributed by atoms with E-state index in [0.29, 0.717) is 37.1 Å². The molecule has 0 bridgehead atoms. The van der Waals surface area contributed by atoms with Crippen molar-refractivity contribution in [3.05, 3.63) is 70.6 Å². The van der Waals surface area contributed by atoms with Crippen molar-refractivity contribution in [3.8, 4) is 12.1 Å². The van der Waals surface area contributed by atoms with Crippen LogP contribution in [0.4, 0.5) is 28.9 Å². The smallest absolute Gasteiger partial charge is 0.359 e. The number of alkyl halides is 3. The molecular formula is C36H49F4N5O2S. The van der Waals surface area contributed by atoms with E-state index in [4.69, 9.17) is 22.7 Å². The molecule has 0 radical (unpaired) electrons. The van der Waals surface area contributed by atoms with Crippen LogP contribution in [0, 0.1) is 28.5 Å². The Hall–Kier alpha value is -4.29. The molecule has 12 heteroatoms. The molecule has 1 fully saturated rings. The fourth-order valence-electron chi connectivity index (χ4n) is 3.96. The Kier molecular flexibility index (Phi) is 21.3. The Labute approximate surface area is 289 Å². The summed E-state index contributed by atoms with van der Waals surface area (Å²) in [4.78, 5) is 26.8. The van der Waals surface area contributed by atoms with E-state index in [0.717, 1.165) is 16.0 Å². The number of rotatable bonds is 6. The highest BCUT2D eigenvalue weighted by Crippen LogP contribution is 2.40. The highest BCUT2D eigenvalue weighted by atomic mass is 32.1. The number of nitriles is 2. The number of carbonyl (C=O) groups is 2. The van der Waals surface area contributed by atoms with Crippen molar-refractivity contribution < 1.29 is 27.2 Å². The quantitative estimate of drug-likeness (QED) is 0.184. The van der Waals surface area contributed by atoms with Crippen molar-refractivity contribution in [1.29, 1.82) is 10.5 Å². The van der Waals surface area contributed by atoms with Crippen molar-refractivity contribution in [2.45, 2.75) is 107 Å². The molecule has 0 aliphatic carbocycles. The number of anilines is 2. The number of nitrogens with one attached hydrogen (secondary N) is 1. The molecule has 7 nitrogen and oxygen atoms in total. The first-order chi connectivity index (χ1) is 22.5. The lowest BCUT2D eigenvalue weighted by Gasteiger charge is -2.29. The molecule has 0 aromatic heterocycles. The van der Waals surface area contributed by atoms with E-state index in [-0.39, 0.29) is 11.0 Å². The summed E-state index contributed by atoms with van der Waals surface area (Å²) in [5, 5.41) is 19.4. The van der Waals surface area contributed by atoms with Crippen LogP contribution in [0.5, 0.6) is 0 Å². The predicted octanol–water partition coefficient (Wildman–Crippen LogP) is 9.65. The van der Waals surface area contributed by atoms with E-state index in [2.05, 4.69) is 19.2 Å². The third-order valence-electron chi connectivity index (χ3n) is 6.37. The standard InChI is InChI=1S/C24H22F4N4O2S.C5H7N.C3H8.2C2H6/c1-23(2)21(34)31(19-12-17(24(26,27)28)15(13-29)11-18(19)25)22(35)32(23)16-9-7-14(8-10-16)5-4-6-20(33)30-3;1-3-5(2)4-6;1-3-2;2*1-2/h7-12H,4-6H2,1-3H3,(H,30,33);3H,1-2H3;3H2,1-2H3;2*1-2H3/b;5-3+;;;. The molecule has 48 heavy (non-hydrogen) atoms. The van der Waals surface area contributed by atoms with Crippen LogP contribution in [-0.2, 0) is 22.2 Å². The average Bonchev–Trinajstić information content (AvgIpc) is 3.24. The van der Waals surface area contributed by atoms with Gasteiger partial charge in [-0.05, 0) is 82.6 Å². The fraction of sp³-hybridized carbons (Fsp3) is 0.472. The van der Waals surface area contributed by atoms with Crippen molar-refractivity contribution in [2.75, 3.05) is 16.8 Å².